The molecule has 78 valence electrons. The Balaban J connectivity index is 2.27. The summed E-state index contributed by atoms with van der Waals surface area (Å²) >= 11 is 0. The molecule has 1 aromatic carbocycles. The van der Waals surface area contributed by atoms with Crippen LogP contribution in [0.3, 0.4) is 0 Å². The molecule has 0 radical (unpaired) electrons. The fraction of sp³-hybridized carbons (Fsp3) is 0.231. The first-order valence-electron chi connectivity index (χ1n) is 5.16. The third kappa shape index (κ3) is 2.40. The van der Waals surface area contributed by atoms with Gasteiger partial charge in [-0.3, -0.25) is 0 Å². The minimum absolute atomic E-state index is 0.442. The maximum absolute atomic E-state index is 5.35. The van der Waals surface area contributed by atoms with Crippen LogP contribution >= 0.6 is 0 Å². The lowest BCUT2D eigenvalue weighted by atomic mass is 10.1. The molecule has 0 aliphatic heterocycles. The Morgan fingerprint density at radius 2 is 2.00 bits per heavy atom. The highest BCUT2D eigenvalue weighted by Crippen LogP contribution is 2.23. The number of hydrogen-bond donors (Lipinski definition) is 1. The Kier molecular flexibility index (Phi) is 2.77. The highest BCUT2D eigenvalue weighted by molar-refractivity contribution is 5.63. The summed E-state index contributed by atoms with van der Waals surface area (Å²) in [6, 6.07) is 12.5. The van der Waals surface area contributed by atoms with Crippen LogP contribution in [0.1, 0.15) is 13.8 Å². The molecular formula is C13H15NO. The van der Waals surface area contributed by atoms with Gasteiger partial charge in [0.1, 0.15) is 5.76 Å². The van der Waals surface area contributed by atoms with Crippen LogP contribution in [-0.4, -0.2) is 6.04 Å². The Morgan fingerprint density at radius 3 is 2.67 bits per heavy atom. The molecule has 0 bridgehead atoms. The van der Waals surface area contributed by atoms with Crippen LogP contribution in [0.5, 0.6) is 0 Å². The van der Waals surface area contributed by atoms with Gasteiger partial charge in [0, 0.05) is 17.3 Å². The van der Waals surface area contributed by atoms with Gasteiger partial charge in [0.25, 0.3) is 0 Å². The van der Waals surface area contributed by atoms with Crippen LogP contribution in [-0.2, 0) is 0 Å². The van der Waals surface area contributed by atoms with Gasteiger partial charge >= 0.3 is 0 Å². The van der Waals surface area contributed by atoms with Gasteiger partial charge in [-0.25, -0.2) is 0 Å². The van der Waals surface area contributed by atoms with E-state index in [4.69, 9.17) is 4.42 Å². The van der Waals surface area contributed by atoms with Gasteiger partial charge in [-0.2, -0.15) is 0 Å². The fourth-order valence-corrected chi connectivity index (χ4v) is 1.54. The van der Waals surface area contributed by atoms with Crippen molar-refractivity contribution in [3.05, 3.63) is 42.7 Å². The Labute approximate surface area is 89.9 Å². The van der Waals surface area contributed by atoms with Crippen LogP contribution in [0, 0.1) is 0 Å². The van der Waals surface area contributed by atoms with Crippen molar-refractivity contribution < 1.29 is 4.42 Å². The molecule has 1 N–H and O–H groups in total. The van der Waals surface area contributed by atoms with Gasteiger partial charge in [0.2, 0.25) is 0 Å². The Hall–Kier alpha value is -1.70. The van der Waals surface area contributed by atoms with E-state index in [1.54, 1.807) is 6.26 Å². The molecule has 0 spiro atoms. The summed E-state index contributed by atoms with van der Waals surface area (Å²) in [4.78, 5) is 0. The molecular weight excluding hydrogens is 186 g/mol. The van der Waals surface area contributed by atoms with Crippen LogP contribution in [0.25, 0.3) is 11.3 Å². The second kappa shape index (κ2) is 4.22. The molecule has 0 aliphatic rings. The largest absolute Gasteiger partial charge is 0.464 e. The molecule has 0 atom stereocenters. The van der Waals surface area contributed by atoms with Gasteiger partial charge in [-0.15, -0.1) is 0 Å². The van der Waals surface area contributed by atoms with Crippen molar-refractivity contribution in [3.63, 3.8) is 0 Å². The van der Waals surface area contributed by atoms with E-state index in [1.807, 2.05) is 24.3 Å². The summed E-state index contributed by atoms with van der Waals surface area (Å²) in [5, 5.41) is 3.37. The predicted octanol–water partition coefficient (Wildman–Crippen LogP) is 3.77. The highest BCUT2D eigenvalue weighted by Gasteiger charge is 2.01. The summed E-state index contributed by atoms with van der Waals surface area (Å²) in [5.41, 5.74) is 2.23. The van der Waals surface area contributed by atoms with E-state index in [9.17, 15) is 0 Å². The van der Waals surface area contributed by atoms with Crippen molar-refractivity contribution in [2.75, 3.05) is 5.32 Å². The quantitative estimate of drug-likeness (QED) is 0.817. The van der Waals surface area contributed by atoms with Gasteiger partial charge in [-0.05, 0) is 38.1 Å². The van der Waals surface area contributed by atoms with E-state index in [2.05, 4.69) is 31.3 Å². The van der Waals surface area contributed by atoms with E-state index in [1.165, 1.54) is 0 Å². The highest BCUT2D eigenvalue weighted by atomic mass is 16.3. The van der Waals surface area contributed by atoms with E-state index in [0.29, 0.717) is 6.04 Å². The minimum atomic E-state index is 0.442. The molecule has 1 aromatic heterocycles. The predicted molar refractivity (Wildman–Crippen MR) is 62.9 cm³/mol. The zero-order valence-corrected chi connectivity index (χ0v) is 9.03. The molecule has 2 nitrogen and oxygen atoms in total. The lowest BCUT2D eigenvalue weighted by Crippen LogP contribution is -2.09. The van der Waals surface area contributed by atoms with E-state index >= 15 is 0 Å². The van der Waals surface area contributed by atoms with Crippen molar-refractivity contribution in [1.82, 2.24) is 0 Å². The number of rotatable bonds is 3. The zero-order valence-electron chi connectivity index (χ0n) is 9.03. The lowest BCUT2D eigenvalue weighted by molar-refractivity contribution is 0.582. The Morgan fingerprint density at radius 1 is 1.13 bits per heavy atom. The molecule has 1 heterocycles. The Bertz CT molecular complexity index is 418. The first-order chi connectivity index (χ1) is 7.25. The summed E-state index contributed by atoms with van der Waals surface area (Å²) in [6.07, 6.45) is 1.69. The first-order valence-corrected chi connectivity index (χ1v) is 5.16. The average Bonchev–Trinajstić information content (AvgIpc) is 2.69. The van der Waals surface area contributed by atoms with E-state index < -0.39 is 0 Å². The van der Waals surface area contributed by atoms with Gasteiger partial charge in [0.15, 0.2) is 0 Å². The summed E-state index contributed by atoms with van der Waals surface area (Å²) in [5.74, 6) is 0.905. The number of anilines is 1. The standard InChI is InChI=1S/C13H15NO/c1-10(2)14-12-6-3-5-11(9-12)13-7-4-8-15-13/h3-10,14H,1-2H3. The van der Waals surface area contributed by atoms with Crippen molar-refractivity contribution in [2.45, 2.75) is 19.9 Å². The van der Waals surface area contributed by atoms with Gasteiger partial charge in [-0.1, -0.05) is 12.1 Å². The van der Waals surface area contributed by atoms with Crippen molar-refractivity contribution in [1.29, 1.82) is 0 Å². The zero-order chi connectivity index (χ0) is 10.7. The van der Waals surface area contributed by atoms with Gasteiger partial charge < -0.3 is 9.73 Å². The number of nitrogens with one attached hydrogen (secondary N) is 1. The third-order valence-corrected chi connectivity index (χ3v) is 2.12. The van der Waals surface area contributed by atoms with Crippen LogP contribution in [0.4, 0.5) is 5.69 Å². The average molecular weight is 201 g/mol. The lowest BCUT2D eigenvalue weighted by Gasteiger charge is -2.10. The maximum Gasteiger partial charge on any atom is 0.133 e. The molecule has 2 aromatic rings. The molecule has 0 saturated heterocycles. The molecule has 0 aliphatic carbocycles. The molecule has 0 saturated carbocycles. The molecule has 2 heteroatoms. The SMILES string of the molecule is CC(C)Nc1cccc(-c2ccco2)c1. The second-order valence-electron chi connectivity index (χ2n) is 3.86. The van der Waals surface area contributed by atoms with Crippen LogP contribution in [0.15, 0.2) is 47.1 Å². The molecule has 0 fully saturated rings. The summed E-state index contributed by atoms with van der Waals surface area (Å²) < 4.78 is 5.35. The molecule has 15 heavy (non-hydrogen) atoms. The third-order valence-electron chi connectivity index (χ3n) is 2.12. The normalized spacial score (nSPS) is 10.6. The van der Waals surface area contributed by atoms with Crippen molar-refractivity contribution in [2.24, 2.45) is 0 Å². The molecule has 2 rings (SSSR count). The first kappa shape index (κ1) is 9.84. The van der Waals surface area contributed by atoms with E-state index in [0.717, 1.165) is 17.0 Å². The number of furan rings is 1. The number of hydrogen-bond acceptors (Lipinski definition) is 2. The summed E-state index contributed by atoms with van der Waals surface area (Å²) in [6.45, 7) is 4.25. The summed E-state index contributed by atoms with van der Waals surface area (Å²) in [7, 11) is 0. The molecule has 0 unspecified atom stereocenters. The van der Waals surface area contributed by atoms with Crippen LogP contribution < -0.4 is 5.32 Å². The topological polar surface area (TPSA) is 25.2 Å². The second-order valence-corrected chi connectivity index (χ2v) is 3.86. The van der Waals surface area contributed by atoms with Crippen molar-refractivity contribution in [3.8, 4) is 11.3 Å². The van der Waals surface area contributed by atoms with Crippen LogP contribution in [0.2, 0.25) is 0 Å². The fourth-order valence-electron chi connectivity index (χ4n) is 1.54. The monoisotopic (exact) mass is 201 g/mol. The molecule has 0 amide bonds. The number of benzene rings is 1. The van der Waals surface area contributed by atoms with Crippen molar-refractivity contribution >= 4 is 5.69 Å². The van der Waals surface area contributed by atoms with E-state index in [-0.39, 0.29) is 0 Å². The van der Waals surface area contributed by atoms with Gasteiger partial charge in [0.05, 0.1) is 6.26 Å². The smallest absolute Gasteiger partial charge is 0.133 e. The minimum Gasteiger partial charge on any atom is -0.464 e. The maximum atomic E-state index is 5.35.